The Morgan fingerprint density at radius 2 is 1.46 bits per heavy atom. The predicted octanol–water partition coefficient (Wildman–Crippen LogP) is 5.70. The van der Waals surface area contributed by atoms with Crippen LogP contribution in [0.25, 0.3) is 10.2 Å². The van der Waals surface area contributed by atoms with Crippen LogP contribution in [0.5, 0.6) is 0 Å². The molecule has 0 atom stereocenters. The van der Waals surface area contributed by atoms with E-state index in [1.165, 1.54) is 10.3 Å². The first kappa shape index (κ1) is 16.7. The van der Waals surface area contributed by atoms with Gasteiger partial charge < -0.3 is 10.6 Å². The van der Waals surface area contributed by atoms with Gasteiger partial charge in [-0.3, -0.25) is 0 Å². The zero-order valence-electron chi connectivity index (χ0n) is 14.0. The maximum Gasteiger partial charge on any atom is 0.175 e. The highest BCUT2D eigenvalue weighted by Gasteiger charge is 2.05. The summed E-state index contributed by atoms with van der Waals surface area (Å²) in [5.74, 6) is 0. The van der Waals surface area contributed by atoms with Crippen LogP contribution in [0.15, 0.2) is 78.9 Å². The largest absolute Gasteiger partial charge is 0.332 e. The molecule has 26 heavy (non-hydrogen) atoms. The summed E-state index contributed by atoms with van der Waals surface area (Å²) in [5.41, 5.74) is 4.24. The van der Waals surface area contributed by atoms with Gasteiger partial charge >= 0.3 is 0 Å². The minimum Gasteiger partial charge on any atom is -0.332 e. The van der Waals surface area contributed by atoms with E-state index in [0.717, 1.165) is 28.3 Å². The summed E-state index contributed by atoms with van der Waals surface area (Å²) in [5, 5.41) is 8.09. The maximum absolute atomic E-state index is 5.36. The summed E-state index contributed by atoms with van der Waals surface area (Å²) in [4.78, 5) is 4.70. The SMILES string of the molecule is S=C(Nc1ccccc1)Nc1ccc(Cc2nc3ccccc3s2)cc1. The number of aromatic nitrogens is 1. The molecular weight excluding hydrogens is 358 g/mol. The molecule has 0 radical (unpaired) electrons. The second-order valence-corrected chi connectivity index (χ2v) is 7.42. The number of thiocarbonyl (C=S) groups is 1. The monoisotopic (exact) mass is 375 g/mol. The van der Waals surface area contributed by atoms with E-state index in [1.807, 2.05) is 48.5 Å². The Morgan fingerprint density at radius 3 is 2.19 bits per heavy atom. The van der Waals surface area contributed by atoms with Crippen molar-refractivity contribution in [3.8, 4) is 0 Å². The van der Waals surface area contributed by atoms with Crippen LogP contribution in [0, 0.1) is 0 Å². The molecule has 0 aliphatic rings. The minimum atomic E-state index is 0.579. The van der Waals surface area contributed by atoms with Gasteiger partial charge in [0.15, 0.2) is 5.11 Å². The molecule has 0 saturated heterocycles. The molecule has 1 heterocycles. The number of thiazole rings is 1. The van der Waals surface area contributed by atoms with Crippen molar-refractivity contribution in [3.05, 3.63) is 89.4 Å². The van der Waals surface area contributed by atoms with Gasteiger partial charge in [-0.1, -0.05) is 42.5 Å². The predicted molar refractivity (Wildman–Crippen MR) is 115 cm³/mol. The van der Waals surface area contributed by atoms with Crippen molar-refractivity contribution < 1.29 is 0 Å². The van der Waals surface area contributed by atoms with Crippen LogP contribution in [0.4, 0.5) is 11.4 Å². The van der Waals surface area contributed by atoms with Crippen molar-refractivity contribution in [2.75, 3.05) is 10.6 Å². The molecule has 3 aromatic carbocycles. The molecule has 0 unspecified atom stereocenters. The van der Waals surface area contributed by atoms with Gasteiger partial charge in [-0.15, -0.1) is 11.3 Å². The number of para-hydroxylation sites is 2. The Kier molecular flexibility index (Phi) is 4.91. The fraction of sp³-hybridized carbons (Fsp3) is 0.0476. The van der Waals surface area contributed by atoms with Crippen LogP contribution >= 0.6 is 23.6 Å². The summed E-state index contributed by atoms with van der Waals surface area (Å²) in [6, 6.07) is 26.4. The third kappa shape index (κ3) is 4.07. The fourth-order valence-corrected chi connectivity index (χ4v) is 3.93. The van der Waals surface area contributed by atoms with E-state index >= 15 is 0 Å². The molecule has 0 bridgehead atoms. The van der Waals surface area contributed by atoms with Crippen molar-refractivity contribution in [2.24, 2.45) is 0 Å². The molecule has 0 fully saturated rings. The highest BCUT2D eigenvalue weighted by Crippen LogP contribution is 2.24. The van der Waals surface area contributed by atoms with Crippen LogP contribution in [0.3, 0.4) is 0 Å². The zero-order chi connectivity index (χ0) is 17.8. The first-order valence-electron chi connectivity index (χ1n) is 8.33. The van der Waals surface area contributed by atoms with Gasteiger partial charge in [-0.05, 0) is 54.2 Å². The van der Waals surface area contributed by atoms with Crippen LogP contribution in [-0.2, 0) is 6.42 Å². The van der Waals surface area contributed by atoms with Crippen LogP contribution in [0.1, 0.15) is 10.6 Å². The molecule has 128 valence electrons. The molecule has 3 nitrogen and oxygen atoms in total. The average Bonchev–Trinajstić information content (AvgIpc) is 3.06. The standard InChI is InChI=1S/C21H17N3S2/c25-21(22-16-6-2-1-3-7-16)23-17-12-10-15(11-13-17)14-20-24-18-8-4-5-9-19(18)26-20/h1-13H,14H2,(H2,22,23,25). The second-order valence-electron chi connectivity index (χ2n) is 5.89. The number of anilines is 2. The molecule has 0 saturated carbocycles. The van der Waals surface area contributed by atoms with Gasteiger partial charge in [0.05, 0.1) is 15.2 Å². The topological polar surface area (TPSA) is 37.0 Å². The Bertz CT molecular complexity index is 991. The lowest BCUT2D eigenvalue weighted by molar-refractivity contribution is 1.16. The van der Waals surface area contributed by atoms with Crippen molar-refractivity contribution >= 4 is 50.3 Å². The van der Waals surface area contributed by atoms with E-state index in [2.05, 4.69) is 41.0 Å². The molecule has 0 amide bonds. The lowest BCUT2D eigenvalue weighted by Crippen LogP contribution is -2.18. The maximum atomic E-state index is 5.36. The fourth-order valence-electron chi connectivity index (χ4n) is 2.69. The molecule has 1 aromatic heterocycles. The van der Waals surface area contributed by atoms with E-state index in [1.54, 1.807) is 11.3 Å². The molecular formula is C21H17N3S2. The van der Waals surface area contributed by atoms with E-state index in [4.69, 9.17) is 17.2 Å². The van der Waals surface area contributed by atoms with Gasteiger partial charge in [0.1, 0.15) is 0 Å². The number of hydrogen-bond acceptors (Lipinski definition) is 3. The van der Waals surface area contributed by atoms with Crippen molar-refractivity contribution in [1.29, 1.82) is 0 Å². The first-order chi connectivity index (χ1) is 12.8. The Hall–Kier alpha value is -2.76. The Morgan fingerprint density at radius 1 is 0.808 bits per heavy atom. The van der Waals surface area contributed by atoms with E-state index in [9.17, 15) is 0 Å². The molecule has 5 heteroatoms. The highest BCUT2D eigenvalue weighted by molar-refractivity contribution is 7.80. The number of hydrogen-bond donors (Lipinski definition) is 2. The van der Waals surface area contributed by atoms with E-state index < -0.39 is 0 Å². The van der Waals surface area contributed by atoms with Crippen molar-refractivity contribution in [1.82, 2.24) is 4.98 Å². The summed E-state index contributed by atoms with van der Waals surface area (Å²) < 4.78 is 1.23. The second kappa shape index (κ2) is 7.64. The molecule has 4 rings (SSSR count). The number of rotatable bonds is 4. The quantitative estimate of drug-likeness (QED) is 0.449. The van der Waals surface area contributed by atoms with Gasteiger partial charge in [0.2, 0.25) is 0 Å². The van der Waals surface area contributed by atoms with Gasteiger partial charge in [-0.25, -0.2) is 4.98 Å². The van der Waals surface area contributed by atoms with Crippen molar-refractivity contribution in [2.45, 2.75) is 6.42 Å². The summed E-state index contributed by atoms with van der Waals surface area (Å²) in [6.45, 7) is 0. The lowest BCUT2D eigenvalue weighted by Gasteiger charge is -2.10. The molecule has 0 spiro atoms. The van der Waals surface area contributed by atoms with Crippen LogP contribution < -0.4 is 10.6 Å². The van der Waals surface area contributed by atoms with Gasteiger partial charge in [0.25, 0.3) is 0 Å². The first-order valence-corrected chi connectivity index (χ1v) is 9.55. The van der Waals surface area contributed by atoms with Crippen LogP contribution in [0.2, 0.25) is 0 Å². The lowest BCUT2D eigenvalue weighted by atomic mass is 10.1. The molecule has 4 aromatic rings. The summed E-state index contributed by atoms with van der Waals surface area (Å²) in [7, 11) is 0. The van der Waals surface area contributed by atoms with Crippen LogP contribution in [-0.4, -0.2) is 10.1 Å². The molecule has 0 aliphatic heterocycles. The number of nitrogens with zero attached hydrogens (tertiary/aromatic N) is 1. The average molecular weight is 376 g/mol. The molecule has 2 N–H and O–H groups in total. The Balaban J connectivity index is 1.39. The summed E-state index contributed by atoms with van der Waals surface area (Å²) >= 11 is 7.11. The summed E-state index contributed by atoms with van der Waals surface area (Å²) in [6.07, 6.45) is 0.840. The third-order valence-electron chi connectivity index (χ3n) is 3.94. The Labute approximate surface area is 161 Å². The third-order valence-corrected chi connectivity index (χ3v) is 5.18. The number of fused-ring (bicyclic) bond motifs is 1. The molecule has 0 aliphatic carbocycles. The zero-order valence-corrected chi connectivity index (χ0v) is 15.6. The van der Waals surface area contributed by atoms with Gasteiger partial charge in [-0.2, -0.15) is 0 Å². The van der Waals surface area contributed by atoms with E-state index in [0.29, 0.717) is 5.11 Å². The smallest absolute Gasteiger partial charge is 0.175 e. The highest BCUT2D eigenvalue weighted by atomic mass is 32.1. The van der Waals surface area contributed by atoms with Crippen molar-refractivity contribution in [3.63, 3.8) is 0 Å². The van der Waals surface area contributed by atoms with E-state index in [-0.39, 0.29) is 0 Å². The number of benzene rings is 3. The van der Waals surface area contributed by atoms with Gasteiger partial charge in [0, 0.05) is 17.8 Å². The number of nitrogens with one attached hydrogen (secondary N) is 2. The normalized spacial score (nSPS) is 10.6. The minimum absolute atomic E-state index is 0.579.